The molecule has 0 aliphatic carbocycles. The van der Waals surface area contributed by atoms with Gasteiger partial charge >= 0.3 is 0 Å². The first-order valence-corrected chi connectivity index (χ1v) is 7.29. The molecule has 3 rings (SSSR count). The van der Waals surface area contributed by atoms with E-state index in [0.717, 1.165) is 26.9 Å². The van der Waals surface area contributed by atoms with Gasteiger partial charge in [-0.3, -0.25) is 0 Å². The number of hydrogen-bond donors (Lipinski definition) is 0. The summed E-state index contributed by atoms with van der Waals surface area (Å²) in [6.45, 7) is 4.24. The maximum atomic E-state index is 13.1. The number of rotatable bonds is 2. The van der Waals surface area contributed by atoms with Gasteiger partial charge in [0.25, 0.3) is 0 Å². The molecule has 4 heteroatoms. The smallest absolute Gasteiger partial charge is 0.141 e. The molecule has 0 unspecified atom stereocenters. The Hall–Kier alpha value is -1.68. The first-order chi connectivity index (χ1) is 9.58. The third-order valence-corrected chi connectivity index (χ3v) is 3.93. The highest BCUT2D eigenvalue weighted by Gasteiger charge is 2.16. The summed E-state index contributed by atoms with van der Waals surface area (Å²) in [4.78, 5) is 4.73. The van der Waals surface area contributed by atoms with Gasteiger partial charge in [0, 0.05) is 16.1 Å². The molecule has 3 aromatic rings. The summed E-state index contributed by atoms with van der Waals surface area (Å²) in [6.07, 6.45) is 0. The molecule has 0 saturated heterocycles. The third kappa shape index (κ3) is 2.14. The van der Waals surface area contributed by atoms with Crippen LogP contribution in [0, 0.1) is 5.82 Å². The number of para-hydroxylation sites is 1. The van der Waals surface area contributed by atoms with Crippen LogP contribution in [-0.4, -0.2) is 9.55 Å². The number of halogens is 2. The summed E-state index contributed by atoms with van der Waals surface area (Å²) >= 11 is 3.54. The number of aromatic nitrogens is 2. The fourth-order valence-electron chi connectivity index (χ4n) is 2.41. The highest BCUT2D eigenvalue weighted by molar-refractivity contribution is 9.10. The first-order valence-electron chi connectivity index (χ1n) is 6.50. The van der Waals surface area contributed by atoms with E-state index in [2.05, 4.69) is 40.4 Å². The van der Waals surface area contributed by atoms with E-state index in [4.69, 9.17) is 4.98 Å². The molecule has 0 fully saturated rings. The maximum absolute atomic E-state index is 13.1. The van der Waals surface area contributed by atoms with Gasteiger partial charge in [0.2, 0.25) is 0 Å². The van der Waals surface area contributed by atoms with Crippen LogP contribution in [0.25, 0.3) is 22.4 Å². The molecule has 0 aliphatic heterocycles. The van der Waals surface area contributed by atoms with Crippen LogP contribution in [0.15, 0.2) is 46.9 Å². The largest absolute Gasteiger partial charge is 0.321 e. The van der Waals surface area contributed by atoms with Gasteiger partial charge in [-0.25, -0.2) is 9.37 Å². The van der Waals surface area contributed by atoms with Crippen molar-refractivity contribution >= 4 is 27.0 Å². The van der Waals surface area contributed by atoms with Crippen molar-refractivity contribution in [2.45, 2.75) is 19.9 Å². The fraction of sp³-hybridized carbons (Fsp3) is 0.188. The van der Waals surface area contributed by atoms with Crippen LogP contribution in [0.4, 0.5) is 4.39 Å². The van der Waals surface area contributed by atoms with Gasteiger partial charge in [0.05, 0.1) is 5.52 Å². The van der Waals surface area contributed by atoms with E-state index in [1.165, 1.54) is 12.1 Å². The van der Waals surface area contributed by atoms with Gasteiger partial charge in [-0.2, -0.15) is 0 Å². The van der Waals surface area contributed by atoms with Crippen molar-refractivity contribution in [3.8, 4) is 11.4 Å². The van der Waals surface area contributed by atoms with E-state index in [0.29, 0.717) is 0 Å². The molecule has 0 atom stereocenters. The van der Waals surface area contributed by atoms with Crippen molar-refractivity contribution in [3.05, 3.63) is 52.8 Å². The molecule has 0 spiro atoms. The SMILES string of the molecule is CC(C)n1c(-c2ccc(F)cc2)nc2c(Br)cccc21. The zero-order valence-electron chi connectivity index (χ0n) is 11.3. The third-order valence-electron chi connectivity index (χ3n) is 3.29. The molecule has 0 amide bonds. The van der Waals surface area contributed by atoms with Gasteiger partial charge in [-0.1, -0.05) is 6.07 Å². The topological polar surface area (TPSA) is 17.8 Å². The van der Waals surface area contributed by atoms with Crippen molar-refractivity contribution in [1.29, 1.82) is 0 Å². The van der Waals surface area contributed by atoms with Crippen LogP contribution in [-0.2, 0) is 0 Å². The number of nitrogens with zero attached hydrogens (tertiary/aromatic N) is 2. The Bertz CT molecular complexity index is 760. The normalized spacial score (nSPS) is 11.4. The van der Waals surface area contributed by atoms with Crippen LogP contribution in [0.3, 0.4) is 0 Å². The summed E-state index contributed by atoms with van der Waals surface area (Å²) in [5.74, 6) is 0.629. The second-order valence-electron chi connectivity index (χ2n) is 5.01. The van der Waals surface area contributed by atoms with E-state index < -0.39 is 0 Å². The van der Waals surface area contributed by atoms with Crippen LogP contribution >= 0.6 is 15.9 Å². The average Bonchev–Trinajstić information content (AvgIpc) is 2.80. The molecule has 1 aromatic heterocycles. The number of hydrogen-bond acceptors (Lipinski definition) is 1. The number of imidazole rings is 1. The van der Waals surface area contributed by atoms with Crippen molar-refractivity contribution in [2.24, 2.45) is 0 Å². The molecule has 102 valence electrons. The fourth-order valence-corrected chi connectivity index (χ4v) is 2.85. The second kappa shape index (κ2) is 5.02. The first kappa shape index (κ1) is 13.3. The standard InChI is InChI=1S/C16H14BrFN2/c1-10(2)20-14-5-3-4-13(17)15(14)19-16(20)11-6-8-12(18)9-7-11/h3-10H,1-2H3. The zero-order chi connectivity index (χ0) is 14.3. The van der Waals surface area contributed by atoms with Gasteiger partial charge < -0.3 is 4.57 Å². The van der Waals surface area contributed by atoms with Gasteiger partial charge in [0.1, 0.15) is 17.2 Å². The van der Waals surface area contributed by atoms with Crippen LogP contribution < -0.4 is 0 Å². The summed E-state index contributed by atoms with van der Waals surface area (Å²) < 4.78 is 16.2. The number of benzene rings is 2. The lowest BCUT2D eigenvalue weighted by atomic mass is 10.2. The quantitative estimate of drug-likeness (QED) is 0.631. The van der Waals surface area contributed by atoms with E-state index in [-0.39, 0.29) is 11.9 Å². The van der Waals surface area contributed by atoms with E-state index in [1.54, 1.807) is 12.1 Å². The minimum Gasteiger partial charge on any atom is -0.321 e. The minimum atomic E-state index is -0.234. The van der Waals surface area contributed by atoms with E-state index in [1.807, 2.05) is 12.1 Å². The monoisotopic (exact) mass is 332 g/mol. The highest BCUT2D eigenvalue weighted by Crippen LogP contribution is 2.31. The Labute approximate surface area is 125 Å². The predicted molar refractivity (Wildman–Crippen MR) is 83.2 cm³/mol. The van der Waals surface area contributed by atoms with Gasteiger partial charge in [-0.05, 0) is 66.2 Å². The summed E-state index contributed by atoms with van der Waals surface area (Å²) in [7, 11) is 0. The summed E-state index contributed by atoms with van der Waals surface area (Å²) in [5, 5.41) is 0. The molecule has 2 aromatic carbocycles. The minimum absolute atomic E-state index is 0.234. The molecule has 0 bridgehead atoms. The zero-order valence-corrected chi connectivity index (χ0v) is 12.9. The van der Waals surface area contributed by atoms with E-state index in [9.17, 15) is 4.39 Å². The average molecular weight is 333 g/mol. The second-order valence-corrected chi connectivity index (χ2v) is 5.87. The Morgan fingerprint density at radius 1 is 1.10 bits per heavy atom. The Balaban J connectivity index is 2.32. The van der Waals surface area contributed by atoms with Crippen molar-refractivity contribution in [1.82, 2.24) is 9.55 Å². The molecule has 0 N–H and O–H groups in total. The predicted octanol–water partition coefficient (Wildman–Crippen LogP) is 5.19. The molecule has 20 heavy (non-hydrogen) atoms. The summed E-state index contributed by atoms with van der Waals surface area (Å²) in [6, 6.07) is 12.8. The Morgan fingerprint density at radius 3 is 2.45 bits per heavy atom. The van der Waals surface area contributed by atoms with Gasteiger partial charge in [-0.15, -0.1) is 0 Å². The lowest BCUT2D eigenvalue weighted by molar-refractivity contribution is 0.621. The Kier molecular flexibility index (Phi) is 3.34. The molecular formula is C16H14BrFN2. The maximum Gasteiger partial charge on any atom is 0.141 e. The molecular weight excluding hydrogens is 319 g/mol. The van der Waals surface area contributed by atoms with Crippen molar-refractivity contribution in [2.75, 3.05) is 0 Å². The van der Waals surface area contributed by atoms with Crippen LogP contribution in [0.5, 0.6) is 0 Å². The summed E-state index contributed by atoms with van der Waals surface area (Å²) in [5.41, 5.74) is 2.93. The Morgan fingerprint density at radius 2 is 1.80 bits per heavy atom. The van der Waals surface area contributed by atoms with Crippen LogP contribution in [0.1, 0.15) is 19.9 Å². The van der Waals surface area contributed by atoms with Crippen molar-refractivity contribution in [3.63, 3.8) is 0 Å². The molecule has 1 heterocycles. The molecule has 0 radical (unpaired) electrons. The molecule has 0 saturated carbocycles. The van der Waals surface area contributed by atoms with E-state index >= 15 is 0 Å². The van der Waals surface area contributed by atoms with Crippen LogP contribution in [0.2, 0.25) is 0 Å². The lowest BCUT2D eigenvalue weighted by Gasteiger charge is -2.13. The number of fused-ring (bicyclic) bond motifs is 1. The highest BCUT2D eigenvalue weighted by atomic mass is 79.9. The lowest BCUT2D eigenvalue weighted by Crippen LogP contribution is -2.03. The van der Waals surface area contributed by atoms with Gasteiger partial charge in [0.15, 0.2) is 0 Å². The molecule has 2 nitrogen and oxygen atoms in total. The molecule has 0 aliphatic rings. The van der Waals surface area contributed by atoms with Crippen molar-refractivity contribution < 1.29 is 4.39 Å².